The molecule has 1 aliphatic heterocycles. The highest BCUT2D eigenvalue weighted by atomic mass is 16.6. The van der Waals surface area contributed by atoms with E-state index < -0.39 is 41.6 Å². The van der Waals surface area contributed by atoms with Crippen LogP contribution in [0.2, 0.25) is 0 Å². The molecule has 0 spiro atoms. The van der Waals surface area contributed by atoms with Crippen LogP contribution >= 0.6 is 0 Å². The number of carbonyl (C=O) groups excluding carboxylic acids is 1. The van der Waals surface area contributed by atoms with Gasteiger partial charge in [0.1, 0.15) is 53.3 Å². The first kappa shape index (κ1) is 44.1. The van der Waals surface area contributed by atoms with Gasteiger partial charge in [-0.1, -0.05) is 133 Å². The molecule has 8 rings (SSSR count). The number of carbonyl (C=O) groups is 1. The zero-order chi connectivity index (χ0) is 44.7. The maximum Gasteiger partial charge on any atom is 0.411 e. The van der Waals surface area contributed by atoms with E-state index in [-0.39, 0.29) is 19.9 Å². The third-order valence-corrected chi connectivity index (χ3v) is 11.4. The maximum atomic E-state index is 15.0. The lowest BCUT2D eigenvalue weighted by molar-refractivity contribution is -0.0611. The fourth-order valence-electron chi connectivity index (χ4n) is 8.52. The van der Waals surface area contributed by atoms with Gasteiger partial charge in [-0.15, -0.1) is 0 Å². The number of ether oxygens (including phenoxy) is 6. The summed E-state index contributed by atoms with van der Waals surface area (Å²) in [5.74, 6) is 1.02. The maximum absolute atomic E-state index is 15.0. The van der Waals surface area contributed by atoms with Crippen molar-refractivity contribution in [2.24, 2.45) is 0 Å². The van der Waals surface area contributed by atoms with Crippen LogP contribution in [0.1, 0.15) is 60.2 Å². The average Bonchev–Trinajstić information content (AvgIpc) is 3.83. The van der Waals surface area contributed by atoms with Crippen LogP contribution in [-0.2, 0) is 44.5 Å². The van der Waals surface area contributed by atoms with Crippen LogP contribution in [0.4, 0.5) is 4.79 Å². The van der Waals surface area contributed by atoms with E-state index in [0.29, 0.717) is 34.8 Å². The molecule has 0 radical (unpaired) electrons. The predicted molar refractivity (Wildman–Crippen MR) is 243 cm³/mol. The third-order valence-electron chi connectivity index (χ3n) is 11.4. The van der Waals surface area contributed by atoms with Gasteiger partial charge in [0.25, 0.3) is 0 Å². The van der Waals surface area contributed by atoms with Crippen molar-refractivity contribution in [1.29, 1.82) is 0 Å². The van der Waals surface area contributed by atoms with E-state index >= 15 is 0 Å². The predicted octanol–water partition coefficient (Wildman–Crippen LogP) is 9.24. The number of aliphatic hydroxyl groups excluding tert-OH is 1. The molecule has 5 aromatic carbocycles. The molecule has 1 saturated heterocycles. The molecule has 12 heteroatoms. The van der Waals surface area contributed by atoms with Crippen molar-refractivity contribution >= 4 is 17.1 Å². The molecule has 1 amide bonds. The Bertz CT molecular complexity index is 2490. The van der Waals surface area contributed by atoms with Gasteiger partial charge in [0.2, 0.25) is 5.88 Å². The smallest absolute Gasteiger partial charge is 0.411 e. The van der Waals surface area contributed by atoms with E-state index in [0.717, 1.165) is 27.8 Å². The summed E-state index contributed by atoms with van der Waals surface area (Å²) in [7, 11) is 3.16. The van der Waals surface area contributed by atoms with Crippen molar-refractivity contribution in [3.8, 4) is 11.6 Å². The van der Waals surface area contributed by atoms with Crippen LogP contribution in [-0.4, -0.2) is 75.3 Å². The number of likely N-dealkylation sites (tertiary alicyclic amines) is 1. The molecule has 4 atom stereocenters. The summed E-state index contributed by atoms with van der Waals surface area (Å²) in [5.41, 5.74) is 4.02. The van der Waals surface area contributed by atoms with Gasteiger partial charge in [0, 0.05) is 11.8 Å². The number of aliphatic hydroxyl groups is 1. The Balaban J connectivity index is 1.27. The Morgan fingerprint density at radius 1 is 0.703 bits per heavy atom. The zero-order valence-corrected chi connectivity index (χ0v) is 36.7. The van der Waals surface area contributed by atoms with Gasteiger partial charge < -0.3 is 38.1 Å². The SMILES string of the molecule is COc1ccc(CO[C@@H]2[C@H](O)[C@@H](COC(c3ccccc3)(c3ccccc3)c3ccccc3)N(C(=O)OC(C)(C)C)[C@H]2c2cn(COCc3ccccc3)c3c(OC)ncnc23)cc1. The fourth-order valence-corrected chi connectivity index (χ4v) is 8.52. The van der Waals surface area contributed by atoms with E-state index in [1.165, 1.54) is 6.33 Å². The second kappa shape index (κ2) is 19.4. The summed E-state index contributed by atoms with van der Waals surface area (Å²) < 4.78 is 39.7. The fraction of sp³-hybridized carbons (Fsp3) is 0.288. The van der Waals surface area contributed by atoms with Gasteiger partial charge in [-0.2, -0.15) is 4.98 Å². The zero-order valence-electron chi connectivity index (χ0n) is 36.7. The van der Waals surface area contributed by atoms with Crippen LogP contribution in [0.25, 0.3) is 11.0 Å². The molecule has 1 aliphatic rings. The summed E-state index contributed by atoms with van der Waals surface area (Å²) >= 11 is 0. The molecule has 1 N–H and O–H groups in total. The molecule has 2 aromatic heterocycles. The van der Waals surface area contributed by atoms with E-state index in [2.05, 4.69) is 4.98 Å². The van der Waals surface area contributed by atoms with Crippen molar-refractivity contribution in [2.75, 3.05) is 20.8 Å². The highest BCUT2D eigenvalue weighted by molar-refractivity contribution is 5.85. The summed E-state index contributed by atoms with van der Waals surface area (Å²) in [4.78, 5) is 25.8. The first-order valence-corrected chi connectivity index (χ1v) is 21.3. The minimum atomic E-state index is -1.28. The Hall–Kier alpha value is -6.57. The van der Waals surface area contributed by atoms with Gasteiger partial charge in [-0.3, -0.25) is 4.90 Å². The number of rotatable bonds is 16. The lowest BCUT2D eigenvalue weighted by atomic mass is 9.80. The molecule has 0 saturated carbocycles. The van der Waals surface area contributed by atoms with Crippen molar-refractivity contribution in [3.63, 3.8) is 0 Å². The van der Waals surface area contributed by atoms with Crippen LogP contribution in [0.15, 0.2) is 158 Å². The number of hydrogen-bond acceptors (Lipinski definition) is 10. The lowest BCUT2D eigenvalue weighted by Crippen LogP contribution is -2.47. The average molecular weight is 863 g/mol. The highest BCUT2D eigenvalue weighted by Crippen LogP contribution is 2.46. The number of aromatic nitrogens is 3. The number of hydrogen-bond donors (Lipinski definition) is 1. The highest BCUT2D eigenvalue weighted by Gasteiger charge is 2.55. The van der Waals surface area contributed by atoms with Gasteiger partial charge in [-0.25, -0.2) is 9.78 Å². The van der Waals surface area contributed by atoms with Crippen molar-refractivity contribution in [1.82, 2.24) is 19.4 Å². The molecule has 12 nitrogen and oxygen atoms in total. The van der Waals surface area contributed by atoms with E-state index in [4.69, 9.17) is 33.4 Å². The molecule has 1 fully saturated rings. The third kappa shape index (κ3) is 9.22. The number of benzene rings is 5. The standard InChI is InChI=1S/C52H54N4O8/c1-51(2,3)64-50(58)56-43(33-63-52(38-20-12-7-13-21-38,39-22-14-8-15-23-39)40-24-16-9-17-25-40)47(57)48(62-32-37-26-28-41(59-4)29-27-37)45(56)42-30-55(35-61-31-36-18-10-6-11-19-36)46-44(42)53-34-54-49(46)60-5/h6-30,34,43,45,47-48,57H,31-33,35H2,1-5H3/t43-,45+,47-,48+/m1/s1. The Labute approximate surface area is 373 Å². The van der Waals surface area contributed by atoms with Crippen molar-refractivity contribution in [3.05, 3.63) is 191 Å². The van der Waals surface area contributed by atoms with Crippen LogP contribution < -0.4 is 9.47 Å². The van der Waals surface area contributed by atoms with E-state index in [1.807, 2.05) is 177 Å². The van der Waals surface area contributed by atoms with Gasteiger partial charge in [0.15, 0.2) is 0 Å². The van der Waals surface area contributed by atoms with Gasteiger partial charge in [0.05, 0.1) is 46.1 Å². The first-order chi connectivity index (χ1) is 31.1. The second-order valence-electron chi connectivity index (χ2n) is 16.7. The van der Waals surface area contributed by atoms with Gasteiger partial charge in [-0.05, 0) is 60.7 Å². The summed E-state index contributed by atoms with van der Waals surface area (Å²) in [6.45, 7) is 5.87. The summed E-state index contributed by atoms with van der Waals surface area (Å²) in [6, 6.07) is 45.4. The first-order valence-electron chi connectivity index (χ1n) is 21.3. The largest absolute Gasteiger partial charge is 0.497 e. The molecule has 3 heterocycles. The molecular formula is C52H54N4O8. The number of fused-ring (bicyclic) bond motifs is 1. The van der Waals surface area contributed by atoms with Crippen LogP contribution in [0.5, 0.6) is 11.6 Å². The summed E-state index contributed by atoms with van der Waals surface area (Å²) in [6.07, 6.45) is 0.342. The van der Waals surface area contributed by atoms with Gasteiger partial charge >= 0.3 is 6.09 Å². The van der Waals surface area contributed by atoms with Crippen molar-refractivity contribution < 1.29 is 38.3 Å². The number of methoxy groups -OCH3 is 2. The topological polar surface area (TPSA) is 127 Å². The molecule has 64 heavy (non-hydrogen) atoms. The Morgan fingerprint density at radius 2 is 1.27 bits per heavy atom. The molecule has 0 bridgehead atoms. The molecule has 0 aliphatic carbocycles. The Morgan fingerprint density at radius 3 is 1.81 bits per heavy atom. The number of amides is 1. The molecule has 0 unspecified atom stereocenters. The minimum Gasteiger partial charge on any atom is -0.497 e. The van der Waals surface area contributed by atoms with E-state index in [1.54, 1.807) is 19.1 Å². The monoisotopic (exact) mass is 862 g/mol. The van der Waals surface area contributed by atoms with Crippen molar-refractivity contribution in [2.45, 2.75) is 76.2 Å². The molecule has 330 valence electrons. The van der Waals surface area contributed by atoms with Crippen LogP contribution in [0, 0.1) is 0 Å². The lowest BCUT2D eigenvalue weighted by Gasteiger charge is -2.39. The minimum absolute atomic E-state index is 0.106. The van der Waals surface area contributed by atoms with E-state index in [9.17, 15) is 9.90 Å². The summed E-state index contributed by atoms with van der Waals surface area (Å²) in [5, 5.41) is 12.9. The normalized spacial score (nSPS) is 17.7. The quantitative estimate of drug-likeness (QED) is 0.0940. The molecule has 7 aromatic rings. The Kier molecular flexibility index (Phi) is 13.4. The molecular weight excluding hydrogens is 809 g/mol. The number of nitrogens with zero attached hydrogens (tertiary/aromatic N) is 4. The van der Waals surface area contributed by atoms with Crippen LogP contribution in [0.3, 0.4) is 0 Å². The second-order valence-corrected chi connectivity index (χ2v) is 16.7.